The minimum atomic E-state index is -0.0297. The first kappa shape index (κ1) is 14.0. The average molecular weight is 254 g/mol. The number of rotatable bonds is 4. The standard InChI is InChI=1S/C14H20ClNO/c1-9-5-6-13(7-10(9)2)14(17)16-12(4)8-11(3)15/h5-7,11-12H,8H2,1-4H3,(H,16,17). The van der Waals surface area contributed by atoms with Crippen molar-refractivity contribution in [3.05, 3.63) is 34.9 Å². The zero-order chi connectivity index (χ0) is 13.0. The maximum Gasteiger partial charge on any atom is 0.251 e. The monoisotopic (exact) mass is 253 g/mol. The van der Waals surface area contributed by atoms with E-state index in [2.05, 4.69) is 5.32 Å². The summed E-state index contributed by atoms with van der Waals surface area (Å²) < 4.78 is 0. The van der Waals surface area contributed by atoms with Crippen molar-refractivity contribution in [3.63, 3.8) is 0 Å². The molecule has 2 unspecified atom stereocenters. The van der Waals surface area contributed by atoms with Crippen LogP contribution in [0.3, 0.4) is 0 Å². The Labute approximate surface area is 108 Å². The maximum absolute atomic E-state index is 11.9. The molecule has 0 radical (unpaired) electrons. The van der Waals surface area contributed by atoms with Gasteiger partial charge < -0.3 is 5.32 Å². The molecular weight excluding hydrogens is 234 g/mol. The van der Waals surface area contributed by atoms with Gasteiger partial charge in [-0.25, -0.2) is 0 Å². The summed E-state index contributed by atoms with van der Waals surface area (Å²) in [6.07, 6.45) is 0.776. The van der Waals surface area contributed by atoms with Gasteiger partial charge in [-0.2, -0.15) is 0 Å². The highest BCUT2D eigenvalue weighted by Crippen LogP contribution is 2.11. The molecule has 0 spiro atoms. The second-order valence-electron chi connectivity index (χ2n) is 4.69. The summed E-state index contributed by atoms with van der Waals surface area (Å²) >= 11 is 5.90. The number of carbonyl (C=O) groups excluding carboxylic acids is 1. The van der Waals surface area contributed by atoms with Crippen molar-refractivity contribution in [2.24, 2.45) is 0 Å². The summed E-state index contributed by atoms with van der Waals surface area (Å²) in [4.78, 5) is 11.9. The first-order valence-electron chi connectivity index (χ1n) is 5.92. The normalized spacial score (nSPS) is 14.2. The summed E-state index contributed by atoms with van der Waals surface area (Å²) in [6.45, 7) is 7.95. The molecular formula is C14H20ClNO. The zero-order valence-electron chi connectivity index (χ0n) is 10.9. The van der Waals surface area contributed by atoms with Crippen LogP contribution in [0, 0.1) is 13.8 Å². The molecule has 0 bridgehead atoms. The van der Waals surface area contributed by atoms with E-state index in [0.29, 0.717) is 5.56 Å². The molecule has 0 aliphatic heterocycles. The molecule has 1 amide bonds. The lowest BCUT2D eigenvalue weighted by atomic mass is 10.1. The van der Waals surface area contributed by atoms with Gasteiger partial charge in [0.1, 0.15) is 0 Å². The molecule has 17 heavy (non-hydrogen) atoms. The molecule has 0 saturated heterocycles. The number of hydrogen-bond acceptors (Lipinski definition) is 1. The molecule has 94 valence electrons. The van der Waals surface area contributed by atoms with Gasteiger partial charge in [-0.15, -0.1) is 11.6 Å². The van der Waals surface area contributed by atoms with Crippen LogP contribution in [0.25, 0.3) is 0 Å². The van der Waals surface area contributed by atoms with Crippen molar-refractivity contribution < 1.29 is 4.79 Å². The van der Waals surface area contributed by atoms with E-state index in [1.807, 2.05) is 45.9 Å². The Bertz CT molecular complexity index is 401. The number of nitrogens with one attached hydrogen (secondary N) is 1. The van der Waals surface area contributed by atoms with E-state index in [1.54, 1.807) is 0 Å². The van der Waals surface area contributed by atoms with E-state index in [1.165, 1.54) is 5.56 Å². The second-order valence-corrected chi connectivity index (χ2v) is 5.44. The summed E-state index contributed by atoms with van der Waals surface area (Å²) in [7, 11) is 0. The van der Waals surface area contributed by atoms with E-state index in [0.717, 1.165) is 12.0 Å². The number of benzene rings is 1. The third-order valence-electron chi connectivity index (χ3n) is 2.82. The third-order valence-corrected chi connectivity index (χ3v) is 3.00. The van der Waals surface area contributed by atoms with E-state index in [9.17, 15) is 4.79 Å². The summed E-state index contributed by atoms with van der Waals surface area (Å²) in [5.41, 5.74) is 3.04. The van der Waals surface area contributed by atoms with Crippen molar-refractivity contribution in [1.82, 2.24) is 5.32 Å². The number of hydrogen-bond donors (Lipinski definition) is 1. The van der Waals surface area contributed by atoms with Crippen LogP contribution < -0.4 is 5.32 Å². The Morgan fingerprint density at radius 3 is 2.47 bits per heavy atom. The largest absolute Gasteiger partial charge is 0.350 e. The summed E-state index contributed by atoms with van der Waals surface area (Å²) in [6, 6.07) is 5.84. The molecule has 1 N–H and O–H groups in total. The van der Waals surface area contributed by atoms with Crippen LogP contribution in [0.2, 0.25) is 0 Å². The SMILES string of the molecule is Cc1ccc(C(=O)NC(C)CC(C)Cl)cc1C. The fraction of sp³-hybridized carbons (Fsp3) is 0.500. The van der Waals surface area contributed by atoms with E-state index in [4.69, 9.17) is 11.6 Å². The summed E-state index contributed by atoms with van der Waals surface area (Å²) in [5.74, 6) is -0.0297. The zero-order valence-corrected chi connectivity index (χ0v) is 11.6. The number of aryl methyl sites for hydroxylation is 2. The molecule has 1 aromatic carbocycles. The number of halogens is 1. The Kier molecular flexibility index (Phi) is 5.01. The van der Waals surface area contributed by atoms with Gasteiger partial charge in [0, 0.05) is 17.0 Å². The van der Waals surface area contributed by atoms with Gasteiger partial charge in [-0.3, -0.25) is 4.79 Å². The highest BCUT2D eigenvalue weighted by molar-refractivity contribution is 6.20. The van der Waals surface area contributed by atoms with Crippen molar-refractivity contribution in [3.8, 4) is 0 Å². The van der Waals surface area contributed by atoms with Crippen LogP contribution in [-0.4, -0.2) is 17.3 Å². The predicted molar refractivity (Wildman–Crippen MR) is 72.8 cm³/mol. The van der Waals surface area contributed by atoms with Gasteiger partial charge in [0.05, 0.1) is 0 Å². The molecule has 2 atom stereocenters. The van der Waals surface area contributed by atoms with Crippen LogP contribution in [0.4, 0.5) is 0 Å². The van der Waals surface area contributed by atoms with Crippen LogP contribution in [0.5, 0.6) is 0 Å². The molecule has 2 nitrogen and oxygen atoms in total. The number of alkyl halides is 1. The van der Waals surface area contributed by atoms with Gasteiger partial charge in [0.2, 0.25) is 0 Å². The maximum atomic E-state index is 11.9. The lowest BCUT2D eigenvalue weighted by molar-refractivity contribution is 0.0938. The fourth-order valence-electron chi connectivity index (χ4n) is 1.74. The van der Waals surface area contributed by atoms with E-state index in [-0.39, 0.29) is 17.3 Å². The van der Waals surface area contributed by atoms with Crippen LogP contribution in [0.15, 0.2) is 18.2 Å². The fourth-order valence-corrected chi connectivity index (χ4v) is 2.00. The van der Waals surface area contributed by atoms with E-state index < -0.39 is 0 Å². The van der Waals surface area contributed by atoms with Gasteiger partial charge in [-0.1, -0.05) is 6.07 Å². The molecule has 3 heteroatoms. The average Bonchev–Trinajstić information content (AvgIpc) is 2.20. The number of carbonyl (C=O) groups is 1. The van der Waals surface area contributed by atoms with Crippen molar-refractivity contribution >= 4 is 17.5 Å². The van der Waals surface area contributed by atoms with Crippen LogP contribution >= 0.6 is 11.6 Å². The molecule has 0 saturated carbocycles. The Hall–Kier alpha value is -1.02. The van der Waals surface area contributed by atoms with Gasteiger partial charge >= 0.3 is 0 Å². The third kappa shape index (κ3) is 4.39. The van der Waals surface area contributed by atoms with Crippen molar-refractivity contribution in [1.29, 1.82) is 0 Å². The van der Waals surface area contributed by atoms with Gasteiger partial charge in [0.15, 0.2) is 0 Å². The molecule has 0 heterocycles. The smallest absolute Gasteiger partial charge is 0.251 e. The Morgan fingerprint density at radius 1 is 1.29 bits per heavy atom. The molecule has 0 aliphatic rings. The second kappa shape index (κ2) is 6.06. The van der Waals surface area contributed by atoms with Crippen molar-refractivity contribution in [2.75, 3.05) is 0 Å². The van der Waals surface area contributed by atoms with Crippen LogP contribution in [0.1, 0.15) is 41.8 Å². The lowest BCUT2D eigenvalue weighted by Crippen LogP contribution is -2.33. The predicted octanol–water partition coefficient (Wildman–Crippen LogP) is 3.44. The topological polar surface area (TPSA) is 29.1 Å². The first-order chi connectivity index (χ1) is 7.90. The van der Waals surface area contributed by atoms with Crippen LogP contribution in [-0.2, 0) is 0 Å². The molecule has 0 aliphatic carbocycles. The molecule has 1 rings (SSSR count). The van der Waals surface area contributed by atoms with Crippen molar-refractivity contribution in [2.45, 2.75) is 45.5 Å². The summed E-state index contributed by atoms with van der Waals surface area (Å²) in [5, 5.41) is 3.02. The molecule has 1 aromatic rings. The molecule has 0 aromatic heterocycles. The molecule has 0 fully saturated rings. The number of amides is 1. The first-order valence-corrected chi connectivity index (χ1v) is 6.36. The minimum Gasteiger partial charge on any atom is -0.350 e. The Morgan fingerprint density at radius 2 is 1.94 bits per heavy atom. The van der Waals surface area contributed by atoms with Gasteiger partial charge in [0.25, 0.3) is 5.91 Å². The highest BCUT2D eigenvalue weighted by Gasteiger charge is 2.11. The quantitative estimate of drug-likeness (QED) is 0.819. The lowest BCUT2D eigenvalue weighted by Gasteiger charge is -2.15. The minimum absolute atomic E-state index is 0.0297. The highest BCUT2D eigenvalue weighted by atomic mass is 35.5. The Balaban J connectivity index is 2.66. The van der Waals surface area contributed by atoms with Gasteiger partial charge in [-0.05, 0) is 57.4 Å². The van der Waals surface area contributed by atoms with E-state index >= 15 is 0 Å².